The molecule has 0 spiro atoms. The number of ether oxygens (including phenoxy) is 8. The second kappa shape index (κ2) is 60.3. The maximum atomic E-state index is 11.7. The van der Waals surface area contributed by atoms with E-state index in [1.807, 2.05) is 150 Å². The van der Waals surface area contributed by atoms with Crippen molar-refractivity contribution < 1.29 is 47.6 Å². The number of nitro groups is 1. The third kappa shape index (κ3) is 42.0. The third-order valence-corrected chi connectivity index (χ3v) is 23.9. The smallest absolute Gasteiger partial charge is 0.338 e. The largest absolute Gasteiger partial charge is 0.493 e. The standard InChI is InChI=1S/C14H20ClNO2.C14H21NO2.C13H18ClNO.C13H20ClNO.C13H19NO.C12H17N3O2.2C11H16ClNO/c1-11-9-12(2)14(10-13(11)15)18-8-5-16-3-6-17-7-4-16;1-4-15(5-2)10-11-17-14(16)13-8-6-12(3)7-9-13;1-9-7-10(2)13(8-12(9)14)16-11-3-5-15-6-4-11;1-10-8-11(2)13(9-12(10)14)16-7-5-6-15(3)4;1-10-3-4-13(11(2)9-10)15-12-5-7-14-8-6-12;1-10-9-11(3-4-12(10)15(16)17)14-7-5-13(2)6-8-14;2*1-8-6-9(2)11(7-10(8)12)14-5-4-13-3/h9-10H,3-8H2,1-2H3;6-9H,4-5,10-11H2,1-3H3;7-8,11,15H,3-6H2,1-2H3;8-9H,5-7H2,1-4H3;3-4,9,12,14H,5-8H2,1-2H3;3-4,9H,5-8H2,1-2H3;2*6-7,13H,4-5H2,1-3H3. The summed E-state index contributed by atoms with van der Waals surface area (Å²) in [6.45, 7) is 54.0. The molecule has 4 saturated heterocycles. The molecule has 0 bridgehead atoms. The van der Waals surface area contributed by atoms with E-state index in [1.165, 1.54) is 16.7 Å². The van der Waals surface area contributed by atoms with Gasteiger partial charge in [-0.1, -0.05) is 138 Å². The van der Waals surface area contributed by atoms with Gasteiger partial charge >= 0.3 is 5.97 Å². The molecule has 0 saturated carbocycles. The Morgan fingerprint density at radius 1 is 0.465 bits per heavy atom. The number of rotatable bonds is 29. The molecule has 0 amide bonds. The lowest BCUT2D eigenvalue weighted by Gasteiger charge is -2.34. The number of carbonyl (C=O) groups excluding carboxylic acids is 1. The fraction of sp³-hybridized carbons (Fsp3) is 0.515. The van der Waals surface area contributed by atoms with Crippen LogP contribution in [0.3, 0.4) is 0 Å². The maximum Gasteiger partial charge on any atom is 0.338 e. The van der Waals surface area contributed by atoms with Crippen molar-refractivity contribution in [2.45, 2.75) is 155 Å². The lowest BCUT2D eigenvalue weighted by Crippen LogP contribution is -2.44. The van der Waals surface area contributed by atoms with Crippen LogP contribution >= 0.6 is 58.0 Å². The summed E-state index contributed by atoms with van der Waals surface area (Å²) in [6, 6.07) is 39.0. The summed E-state index contributed by atoms with van der Waals surface area (Å²) in [5.41, 5.74) is 17.5. The molecule has 8 aromatic rings. The molecule has 4 N–H and O–H groups in total. The fourth-order valence-electron chi connectivity index (χ4n) is 13.8. The lowest BCUT2D eigenvalue weighted by atomic mass is 10.1. The molecule has 8 aromatic carbocycles. The number of anilines is 1. The maximum absolute atomic E-state index is 11.7. The van der Waals surface area contributed by atoms with E-state index in [2.05, 4.69) is 138 Å². The Morgan fingerprint density at radius 2 is 0.866 bits per heavy atom. The zero-order chi connectivity index (χ0) is 93.5. The number of morpholine rings is 1. The number of likely N-dealkylation sites (N-methyl/N-ethyl adjacent to an activating group) is 4. The summed E-state index contributed by atoms with van der Waals surface area (Å²) in [7, 11) is 10.0. The quantitative estimate of drug-likeness (QED) is 0.0149. The number of benzene rings is 8. The van der Waals surface area contributed by atoms with E-state index in [0.29, 0.717) is 44.2 Å². The summed E-state index contributed by atoms with van der Waals surface area (Å²) in [4.78, 5) is 33.4. The Labute approximate surface area is 785 Å². The molecule has 4 aliphatic rings. The van der Waals surface area contributed by atoms with Gasteiger partial charge in [0.1, 0.15) is 73.1 Å². The summed E-state index contributed by atoms with van der Waals surface area (Å²) >= 11 is 30.3. The number of nitro benzene ring substituents is 1. The number of halogens is 5. The number of esters is 1. The number of nitrogens with one attached hydrogen (secondary N) is 4. The van der Waals surface area contributed by atoms with Crippen LogP contribution in [-0.4, -0.2) is 235 Å². The zero-order valence-electron chi connectivity index (χ0n) is 79.8. The lowest BCUT2D eigenvalue weighted by molar-refractivity contribution is -0.385. The predicted octanol–water partition coefficient (Wildman–Crippen LogP) is 20.7. The first-order chi connectivity index (χ1) is 60.6. The normalized spacial score (nSPS) is 14.0. The van der Waals surface area contributed by atoms with Crippen LogP contribution in [-0.2, 0) is 9.47 Å². The predicted molar refractivity (Wildman–Crippen MR) is 531 cm³/mol. The Hall–Kier alpha value is -7.68. The molecule has 702 valence electrons. The summed E-state index contributed by atoms with van der Waals surface area (Å²) in [5, 5.41) is 27.3. The number of piperidine rings is 2. The van der Waals surface area contributed by atoms with Crippen LogP contribution in [0.25, 0.3) is 0 Å². The van der Waals surface area contributed by atoms with Gasteiger partial charge in [0.2, 0.25) is 0 Å². The molecule has 4 fully saturated rings. The van der Waals surface area contributed by atoms with Crippen LogP contribution in [0.2, 0.25) is 25.1 Å². The number of carbonyl (C=O) groups is 1. The van der Waals surface area contributed by atoms with Gasteiger partial charge in [-0.15, -0.1) is 0 Å². The average molecular weight is 1850 g/mol. The molecule has 4 aliphatic heterocycles. The highest BCUT2D eigenvalue weighted by molar-refractivity contribution is 6.32. The number of hydrogen-bond acceptors (Lipinski definition) is 20. The summed E-state index contributed by atoms with van der Waals surface area (Å²) in [6.07, 6.45) is 6.14. The van der Waals surface area contributed by atoms with E-state index in [4.69, 9.17) is 95.9 Å². The summed E-state index contributed by atoms with van der Waals surface area (Å²) in [5.74, 6) is 5.27. The van der Waals surface area contributed by atoms with Crippen LogP contribution in [0.5, 0.6) is 34.5 Å². The third-order valence-electron chi connectivity index (χ3n) is 21.8. The number of hydrogen-bond donors (Lipinski definition) is 4. The van der Waals surface area contributed by atoms with E-state index in [9.17, 15) is 14.9 Å². The molecular formula is C101H147Cl5N10O11. The highest BCUT2D eigenvalue weighted by Crippen LogP contribution is 2.33. The molecule has 127 heavy (non-hydrogen) atoms. The van der Waals surface area contributed by atoms with Gasteiger partial charge in [0.15, 0.2) is 0 Å². The van der Waals surface area contributed by atoms with Gasteiger partial charge in [0, 0.05) is 114 Å². The van der Waals surface area contributed by atoms with E-state index in [1.54, 1.807) is 25.1 Å². The van der Waals surface area contributed by atoms with Gasteiger partial charge in [-0.2, -0.15) is 0 Å². The number of nitrogens with zero attached hydrogens (tertiary/aromatic N) is 6. The number of piperazine rings is 1. The summed E-state index contributed by atoms with van der Waals surface area (Å²) < 4.78 is 45.2. The van der Waals surface area contributed by atoms with Crippen LogP contribution in [0, 0.1) is 107 Å². The molecular weight excluding hydrogens is 1710 g/mol. The van der Waals surface area contributed by atoms with Gasteiger partial charge in [-0.25, -0.2) is 4.79 Å². The van der Waals surface area contributed by atoms with Crippen molar-refractivity contribution in [2.24, 2.45) is 0 Å². The van der Waals surface area contributed by atoms with Crippen molar-refractivity contribution in [3.63, 3.8) is 0 Å². The minimum absolute atomic E-state index is 0.197. The van der Waals surface area contributed by atoms with Gasteiger partial charge in [-0.3, -0.25) is 15.0 Å². The molecule has 26 heteroatoms. The molecule has 4 heterocycles. The van der Waals surface area contributed by atoms with Crippen molar-refractivity contribution in [1.29, 1.82) is 0 Å². The topological polar surface area (TPSA) is 198 Å². The van der Waals surface area contributed by atoms with Crippen molar-refractivity contribution in [2.75, 3.05) is 198 Å². The monoisotopic (exact) mass is 1850 g/mol. The van der Waals surface area contributed by atoms with Crippen LogP contribution in [0.1, 0.15) is 134 Å². The first kappa shape index (κ1) is 110. The van der Waals surface area contributed by atoms with Gasteiger partial charge in [0.25, 0.3) is 5.69 Å². The van der Waals surface area contributed by atoms with Crippen LogP contribution in [0.15, 0.2) is 121 Å². The second-order valence-electron chi connectivity index (χ2n) is 33.0. The molecule has 0 aromatic heterocycles. The van der Waals surface area contributed by atoms with Gasteiger partial charge in [0.05, 0.1) is 30.3 Å². The van der Waals surface area contributed by atoms with E-state index >= 15 is 0 Å². The van der Waals surface area contributed by atoms with Crippen molar-refractivity contribution >= 4 is 75.3 Å². The molecule has 0 radical (unpaired) electrons. The Morgan fingerprint density at radius 3 is 1.28 bits per heavy atom. The zero-order valence-corrected chi connectivity index (χ0v) is 83.6. The van der Waals surface area contributed by atoms with Crippen LogP contribution in [0.4, 0.5) is 11.4 Å². The Kier molecular flexibility index (Phi) is 52.2. The van der Waals surface area contributed by atoms with Crippen molar-refractivity contribution in [3.05, 3.63) is 240 Å². The molecule has 0 atom stereocenters. The minimum Gasteiger partial charge on any atom is -0.493 e. The molecule has 12 rings (SSSR count). The fourth-order valence-corrected chi connectivity index (χ4v) is 14.6. The molecule has 0 aliphatic carbocycles. The Balaban J connectivity index is 0.000000258. The van der Waals surface area contributed by atoms with Gasteiger partial charge < -0.3 is 78.8 Å². The van der Waals surface area contributed by atoms with E-state index in [-0.39, 0.29) is 16.6 Å². The first-order valence-corrected chi connectivity index (χ1v) is 46.6. The molecule has 21 nitrogen and oxygen atoms in total. The Bertz CT molecular complexity index is 4490. The van der Waals surface area contributed by atoms with Crippen molar-refractivity contribution in [1.82, 2.24) is 40.9 Å². The highest BCUT2D eigenvalue weighted by Gasteiger charge is 2.21. The second-order valence-corrected chi connectivity index (χ2v) is 35.0. The highest BCUT2D eigenvalue weighted by atomic mass is 35.5. The van der Waals surface area contributed by atoms with Gasteiger partial charge in [-0.05, 0) is 325 Å². The average Bonchev–Trinajstić information content (AvgIpc) is 0.827. The molecule has 0 unspecified atom stereocenters. The van der Waals surface area contributed by atoms with Crippen molar-refractivity contribution in [3.8, 4) is 34.5 Å². The number of aryl methyl sites for hydroxylation is 14. The minimum atomic E-state index is -0.330. The van der Waals surface area contributed by atoms with Crippen LogP contribution < -0.4 is 54.6 Å². The van der Waals surface area contributed by atoms with E-state index < -0.39 is 0 Å². The first-order valence-electron chi connectivity index (χ1n) is 44.7. The SMILES string of the molecule is CCN(CC)CCOC(=O)c1ccc(C)cc1.CNCCOc1cc(Cl)c(C)cc1C.CNCCOc1cc(Cl)c(C)cc1C.Cc1cc(C)c(OC2CCNCC2)cc1Cl.Cc1cc(C)c(OCCCN(C)C)cc1Cl.Cc1cc(C)c(OCCN2CCOCC2)cc1Cl.Cc1cc(N2CCN(C)CC2)ccc1[N+](=O)[O-].Cc1ccc(OC2CCNCC2)c(C)c1. The van der Waals surface area contributed by atoms with E-state index in [0.717, 1.165) is 290 Å².